The zero-order valence-electron chi connectivity index (χ0n) is 26.8. The van der Waals surface area contributed by atoms with Crippen LogP contribution in [0.15, 0.2) is 72.8 Å². The first-order chi connectivity index (χ1) is 21.0. The van der Waals surface area contributed by atoms with Crippen molar-refractivity contribution in [2.24, 2.45) is 11.8 Å². The first-order valence-corrected chi connectivity index (χ1v) is 16.3. The van der Waals surface area contributed by atoms with E-state index in [1.54, 1.807) is 0 Å². The minimum Gasteiger partial charge on any atom is -0.493 e. The SMILES string of the molecule is CCCCC(CC)COc1ccc(-c2nc(-c3ccc(C)cc3)nc(-c3ccc(OCC(CC)CCCC)cc3)n2)cc1. The van der Waals surface area contributed by atoms with E-state index in [2.05, 4.69) is 58.9 Å². The molecule has 5 heteroatoms. The van der Waals surface area contributed by atoms with E-state index in [-0.39, 0.29) is 0 Å². The average Bonchev–Trinajstić information content (AvgIpc) is 3.05. The first-order valence-electron chi connectivity index (χ1n) is 16.3. The van der Waals surface area contributed by atoms with Crippen LogP contribution in [0.4, 0.5) is 0 Å². The molecule has 3 aromatic carbocycles. The monoisotopic (exact) mass is 579 g/mol. The second-order valence-electron chi connectivity index (χ2n) is 11.7. The highest BCUT2D eigenvalue weighted by molar-refractivity contribution is 5.67. The largest absolute Gasteiger partial charge is 0.493 e. The molecule has 0 spiro atoms. The zero-order chi connectivity index (χ0) is 30.4. The molecule has 2 atom stereocenters. The van der Waals surface area contributed by atoms with Crippen molar-refractivity contribution in [1.29, 1.82) is 0 Å². The van der Waals surface area contributed by atoms with Crippen molar-refractivity contribution in [3.05, 3.63) is 78.4 Å². The van der Waals surface area contributed by atoms with Gasteiger partial charge in [-0.25, -0.2) is 15.0 Å². The summed E-state index contributed by atoms with van der Waals surface area (Å²) in [5.41, 5.74) is 4.02. The van der Waals surface area contributed by atoms with Gasteiger partial charge in [0.1, 0.15) is 11.5 Å². The normalized spacial score (nSPS) is 12.6. The predicted molar refractivity (Wildman–Crippen MR) is 178 cm³/mol. The number of aromatic nitrogens is 3. The summed E-state index contributed by atoms with van der Waals surface area (Å²) in [7, 11) is 0. The molecule has 0 radical (unpaired) electrons. The van der Waals surface area contributed by atoms with Crippen LogP contribution >= 0.6 is 0 Å². The fraction of sp³-hybridized carbons (Fsp3) is 0.447. The molecule has 5 nitrogen and oxygen atoms in total. The first kappa shape index (κ1) is 32.2. The van der Waals surface area contributed by atoms with Gasteiger partial charge in [0.05, 0.1) is 13.2 Å². The zero-order valence-corrected chi connectivity index (χ0v) is 26.8. The lowest BCUT2D eigenvalue weighted by atomic mass is 10.0. The highest BCUT2D eigenvalue weighted by Crippen LogP contribution is 2.28. The number of rotatable bonds is 17. The molecular weight excluding hydrogens is 530 g/mol. The molecule has 1 heterocycles. The molecule has 0 N–H and O–H groups in total. The Kier molecular flexibility index (Phi) is 12.6. The standard InChI is InChI=1S/C38H49N3O2/c1-6-10-12-29(8-3)26-42-34-22-18-32(19-23-34)37-39-36(31-16-14-28(5)15-17-31)40-38(41-37)33-20-24-35(25-21-33)43-27-30(9-4)13-11-7-2/h14-25,29-30H,6-13,26-27H2,1-5H3. The molecule has 0 saturated carbocycles. The molecule has 1 aromatic heterocycles. The molecule has 43 heavy (non-hydrogen) atoms. The van der Waals surface area contributed by atoms with Crippen molar-refractivity contribution < 1.29 is 9.47 Å². The molecule has 0 aliphatic carbocycles. The van der Waals surface area contributed by atoms with Gasteiger partial charge in [-0.05, 0) is 80.1 Å². The molecule has 4 aromatic rings. The summed E-state index contributed by atoms with van der Waals surface area (Å²) in [5, 5.41) is 0. The Morgan fingerprint density at radius 1 is 0.512 bits per heavy atom. The molecule has 2 unspecified atom stereocenters. The Hall–Kier alpha value is -3.73. The third-order valence-corrected chi connectivity index (χ3v) is 8.23. The van der Waals surface area contributed by atoms with Crippen LogP contribution in [0, 0.1) is 18.8 Å². The second kappa shape index (κ2) is 16.8. The van der Waals surface area contributed by atoms with Crippen molar-refractivity contribution in [3.8, 4) is 45.7 Å². The number of nitrogens with zero attached hydrogens (tertiary/aromatic N) is 3. The maximum atomic E-state index is 6.15. The van der Waals surface area contributed by atoms with E-state index < -0.39 is 0 Å². The van der Waals surface area contributed by atoms with Crippen molar-refractivity contribution in [2.45, 2.75) is 86.0 Å². The maximum absolute atomic E-state index is 6.15. The number of hydrogen-bond acceptors (Lipinski definition) is 5. The summed E-state index contributed by atoms with van der Waals surface area (Å²) in [5.74, 6) is 4.88. The highest BCUT2D eigenvalue weighted by atomic mass is 16.5. The summed E-state index contributed by atoms with van der Waals surface area (Å²) in [6, 6.07) is 24.6. The van der Waals surface area contributed by atoms with Gasteiger partial charge in [-0.3, -0.25) is 0 Å². The van der Waals surface area contributed by atoms with E-state index in [9.17, 15) is 0 Å². The molecular formula is C38H49N3O2. The molecule has 0 fully saturated rings. The van der Waals surface area contributed by atoms with Crippen molar-refractivity contribution in [3.63, 3.8) is 0 Å². The summed E-state index contributed by atoms with van der Waals surface area (Å²) in [6.45, 7) is 12.6. The summed E-state index contributed by atoms with van der Waals surface area (Å²) < 4.78 is 12.3. The van der Waals surface area contributed by atoms with Crippen LogP contribution in [-0.4, -0.2) is 28.2 Å². The third-order valence-electron chi connectivity index (χ3n) is 8.23. The average molecular weight is 580 g/mol. The quantitative estimate of drug-likeness (QED) is 0.125. The molecule has 0 amide bonds. The fourth-order valence-corrected chi connectivity index (χ4v) is 5.09. The van der Waals surface area contributed by atoms with Crippen molar-refractivity contribution in [1.82, 2.24) is 15.0 Å². The molecule has 0 aliphatic heterocycles. The van der Waals surface area contributed by atoms with Gasteiger partial charge >= 0.3 is 0 Å². The van der Waals surface area contributed by atoms with Gasteiger partial charge in [0.25, 0.3) is 0 Å². The van der Waals surface area contributed by atoms with E-state index in [1.165, 1.54) is 44.1 Å². The number of hydrogen-bond donors (Lipinski definition) is 0. The minimum absolute atomic E-state index is 0.591. The van der Waals surface area contributed by atoms with Gasteiger partial charge < -0.3 is 9.47 Å². The Morgan fingerprint density at radius 3 is 1.19 bits per heavy atom. The Bertz CT molecular complexity index is 1290. The summed E-state index contributed by atoms with van der Waals surface area (Å²) in [6.07, 6.45) is 9.65. The van der Waals surface area contributed by atoms with Crippen LogP contribution in [-0.2, 0) is 0 Å². The Labute approximate surface area is 259 Å². The Morgan fingerprint density at radius 2 is 0.860 bits per heavy atom. The van der Waals surface area contributed by atoms with Crippen LogP contribution in [0.1, 0.15) is 84.6 Å². The lowest BCUT2D eigenvalue weighted by Crippen LogP contribution is -2.11. The van der Waals surface area contributed by atoms with Crippen LogP contribution in [0.3, 0.4) is 0 Å². The van der Waals surface area contributed by atoms with Gasteiger partial charge in [0.15, 0.2) is 17.5 Å². The number of benzene rings is 3. The lowest BCUT2D eigenvalue weighted by Gasteiger charge is -2.16. The predicted octanol–water partition coefficient (Wildman–Crippen LogP) is 10.4. The molecule has 228 valence electrons. The summed E-state index contributed by atoms with van der Waals surface area (Å²) in [4.78, 5) is 14.7. The van der Waals surface area contributed by atoms with Crippen LogP contribution in [0.25, 0.3) is 34.2 Å². The van der Waals surface area contributed by atoms with Gasteiger partial charge in [0.2, 0.25) is 0 Å². The third kappa shape index (κ3) is 9.64. The van der Waals surface area contributed by atoms with Crippen LogP contribution < -0.4 is 9.47 Å². The molecule has 4 rings (SSSR count). The van der Waals surface area contributed by atoms with Gasteiger partial charge in [-0.15, -0.1) is 0 Å². The number of ether oxygens (including phenoxy) is 2. The minimum atomic E-state index is 0.591. The van der Waals surface area contributed by atoms with Gasteiger partial charge in [-0.2, -0.15) is 0 Å². The fourth-order valence-electron chi connectivity index (χ4n) is 5.09. The Balaban J connectivity index is 1.56. The van der Waals surface area contributed by atoms with Gasteiger partial charge in [0, 0.05) is 16.7 Å². The van der Waals surface area contributed by atoms with E-state index in [0.29, 0.717) is 29.3 Å². The summed E-state index contributed by atoms with van der Waals surface area (Å²) >= 11 is 0. The van der Waals surface area contributed by atoms with E-state index in [4.69, 9.17) is 24.4 Å². The van der Waals surface area contributed by atoms with Crippen molar-refractivity contribution >= 4 is 0 Å². The van der Waals surface area contributed by atoms with Crippen LogP contribution in [0.2, 0.25) is 0 Å². The lowest BCUT2D eigenvalue weighted by molar-refractivity contribution is 0.233. The van der Waals surface area contributed by atoms with E-state index in [0.717, 1.165) is 54.2 Å². The second-order valence-corrected chi connectivity index (χ2v) is 11.7. The maximum Gasteiger partial charge on any atom is 0.164 e. The van der Waals surface area contributed by atoms with E-state index >= 15 is 0 Å². The number of aryl methyl sites for hydroxylation is 1. The molecule has 0 bridgehead atoms. The van der Waals surface area contributed by atoms with Gasteiger partial charge in [-0.1, -0.05) is 96.0 Å². The van der Waals surface area contributed by atoms with Crippen LogP contribution in [0.5, 0.6) is 11.5 Å². The molecule has 0 saturated heterocycles. The molecule has 0 aliphatic rings. The number of unbranched alkanes of at least 4 members (excludes halogenated alkanes) is 2. The smallest absolute Gasteiger partial charge is 0.164 e. The topological polar surface area (TPSA) is 57.1 Å². The highest BCUT2D eigenvalue weighted by Gasteiger charge is 2.14. The van der Waals surface area contributed by atoms with E-state index in [1.807, 2.05) is 48.5 Å². The van der Waals surface area contributed by atoms with Crippen molar-refractivity contribution in [2.75, 3.05) is 13.2 Å².